The average Bonchev–Trinajstić information content (AvgIpc) is 2.10. The zero-order valence-electron chi connectivity index (χ0n) is 5.29. The quantitative estimate of drug-likeness (QED) is 0.520. The van der Waals surface area contributed by atoms with Crippen molar-refractivity contribution in [2.45, 2.75) is 11.6 Å². The molecule has 0 fully saturated rings. The highest BCUT2D eigenvalue weighted by molar-refractivity contribution is 8.13. The third kappa shape index (κ3) is 1.41. The fourth-order valence-electron chi connectivity index (χ4n) is 0.691. The smallest absolute Gasteiger partial charge is 0.344 e. The Bertz CT molecular complexity index is 202. The van der Waals surface area contributed by atoms with Gasteiger partial charge in [0.25, 0.3) is 0 Å². The molecule has 0 amide bonds. The first-order chi connectivity index (χ1) is 4.61. The number of hydrogen-bond donors (Lipinski definition) is 3. The van der Waals surface area contributed by atoms with Gasteiger partial charge in [0.2, 0.25) is 0 Å². The van der Waals surface area contributed by atoms with Crippen LogP contribution in [-0.4, -0.2) is 15.8 Å². The SMILES string of the molecule is CC1=C(C(=O)O)SC(S)N1. The minimum Gasteiger partial charge on any atom is -0.477 e. The molecule has 0 spiro atoms. The van der Waals surface area contributed by atoms with E-state index in [9.17, 15) is 4.79 Å². The molecule has 0 aromatic carbocycles. The number of hydrogen-bond acceptors (Lipinski definition) is 4. The highest BCUT2D eigenvalue weighted by atomic mass is 32.2. The van der Waals surface area contributed by atoms with Crippen molar-refractivity contribution in [3.05, 3.63) is 10.6 Å². The lowest BCUT2D eigenvalue weighted by Crippen LogP contribution is -2.11. The van der Waals surface area contributed by atoms with E-state index in [0.717, 1.165) is 0 Å². The van der Waals surface area contributed by atoms with Crippen molar-refractivity contribution < 1.29 is 9.90 Å². The van der Waals surface area contributed by atoms with Crippen molar-refractivity contribution in [3.8, 4) is 0 Å². The molecule has 1 unspecified atom stereocenters. The van der Waals surface area contributed by atoms with Gasteiger partial charge < -0.3 is 10.4 Å². The molecule has 10 heavy (non-hydrogen) atoms. The molecule has 56 valence electrons. The van der Waals surface area contributed by atoms with E-state index in [4.69, 9.17) is 5.11 Å². The maximum absolute atomic E-state index is 10.4. The summed E-state index contributed by atoms with van der Waals surface area (Å²) >= 11 is 5.27. The number of aliphatic carboxylic acids is 1. The van der Waals surface area contributed by atoms with Crippen LogP contribution in [0.4, 0.5) is 0 Å². The number of carbonyl (C=O) groups is 1. The molecular formula is C5H7NO2S2. The van der Waals surface area contributed by atoms with Crippen LogP contribution in [0, 0.1) is 0 Å². The molecule has 0 aromatic rings. The normalized spacial score (nSPS) is 24.8. The molecule has 1 rings (SSSR count). The second-order valence-electron chi connectivity index (χ2n) is 1.87. The molecule has 2 N–H and O–H groups in total. The van der Waals surface area contributed by atoms with E-state index < -0.39 is 5.97 Å². The van der Waals surface area contributed by atoms with Crippen molar-refractivity contribution in [1.82, 2.24) is 5.32 Å². The van der Waals surface area contributed by atoms with Crippen LogP contribution in [0.3, 0.4) is 0 Å². The highest BCUT2D eigenvalue weighted by Crippen LogP contribution is 2.31. The predicted molar refractivity (Wildman–Crippen MR) is 43.8 cm³/mol. The molecule has 1 aliphatic heterocycles. The van der Waals surface area contributed by atoms with Crippen molar-refractivity contribution in [3.63, 3.8) is 0 Å². The third-order valence-corrected chi connectivity index (χ3v) is 2.61. The largest absolute Gasteiger partial charge is 0.477 e. The van der Waals surface area contributed by atoms with E-state index in [1.165, 1.54) is 11.8 Å². The Morgan fingerprint density at radius 1 is 1.90 bits per heavy atom. The van der Waals surface area contributed by atoms with Gasteiger partial charge in [0, 0.05) is 5.70 Å². The zero-order chi connectivity index (χ0) is 7.72. The third-order valence-electron chi connectivity index (χ3n) is 1.10. The van der Waals surface area contributed by atoms with E-state index >= 15 is 0 Å². The van der Waals surface area contributed by atoms with Gasteiger partial charge in [-0.15, -0.1) is 12.6 Å². The summed E-state index contributed by atoms with van der Waals surface area (Å²) < 4.78 is -0.105. The highest BCUT2D eigenvalue weighted by Gasteiger charge is 2.23. The fraction of sp³-hybridized carbons (Fsp3) is 0.400. The maximum Gasteiger partial charge on any atom is 0.344 e. The molecule has 1 atom stereocenters. The van der Waals surface area contributed by atoms with Gasteiger partial charge in [0.15, 0.2) is 0 Å². The molecule has 0 bridgehead atoms. The number of allylic oxidation sites excluding steroid dienone is 1. The van der Waals surface area contributed by atoms with E-state index in [1.807, 2.05) is 0 Å². The van der Waals surface area contributed by atoms with Gasteiger partial charge >= 0.3 is 5.97 Å². The molecule has 0 aliphatic carbocycles. The fourth-order valence-corrected chi connectivity index (χ4v) is 2.00. The Balaban J connectivity index is 2.76. The Hall–Kier alpha value is -0.290. The number of nitrogens with one attached hydrogen (secondary N) is 1. The van der Waals surface area contributed by atoms with Gasteiger partial charge in [-0.1, -0.05) is 11.8 Å². The lowest BCUT2D eigenvalue weighted by Gasteiger charge is -1.99. The van der Waals surface area contributed by atoms with Crippen LogP contribution in [0.25, 0.3) is 0 Å². The van der Waals surface area contributed by atoms with Crippen molar-refractivity contribution in [2.24, 2.45) is 0 Å². The lowest BCUT2D eigenvalue weighted by molar-refractivity contribution is -0.131. The molecule has 0 aromatic heterocycles. The molecule has 1 aliphatic rings. The zero-order valence-corrected chi connectivity index (χ0v) is 7.00. The summed E-state index contributed by atoms with van der Waals surface area (Å²) in [6.07, 6.45) is 0. The van der Waals surface area contributed by atoms with E-state index in [2.05, 4.69) is 17.9 Å². The molecule has 5 heteroatoms. The minimum atomic E-state index is -0.883. The van der Waals surface area contributed by atoms with Gasteiger partial charge in [-0.2, -0.15) is 0 Å². The first kappa shape index (κ1) is 7.81. The molecule has 0 radical (unpaired) electrons. The standard InChI is InChI=1S/C5H7NO2S2/c1-2-3(4(7)8)10-5(9)6-2/h5-6,9H,1H3,(H,7,8). The lowest BCUT2D eigenvalue weighted by atomic mass is 10.4. The minimum absolute atomic E-state index is 0.105. The van der Waals surface area contributed by atoms with Crippen LogP contribution in [0.1, 0.15) is 6.92 Å². The van der Waals surface area contributed by atoms with Crippen molar-refractivity contribution in [2.75, 3.05) is 0 Å². The predicted octanol–water partition coefficient (Wildman–Crippen LogP) is 0.852. The summed E-state index contributed by atoms with van der Waals surface area (Å²) in [6.45, 7) is 1.73. The Morgan fingerprint density at radius 2 is 2.50 bits per heavy atom. The Kier molecular flexibility index (Phi) is 2.15. The molecule has 0 saturated heterocycles. The number of thiol groups is 1. The van der Waals surface area contributed by atoms with E-state index in [0.29, 0.717) is 10.6 Å². The van der Waals surface area contributed by atoms with Crippen molar-refractivity contribution in [1.29, 1.82) is 0 Å². The van der Waals surface area contributed by atoms with Crippen LogP contribution in [0.5, 0.6) is 0 Å². The van der Waals surface area contributed by atoms with Gasteiger partial charge in [-0.05, 0) is 6.92 Å². The second-order valence-corrected chi connectivity index (χ2v) is 3.85. The van der Waals surface area contributed by atoms with Crippen LogP contribution in [0.15, 0.2) is 10.6 Å². The van der Waals surface area contributed by atoms with Crippen LogP contribution < -0.4 is 5.32 Å². The summed E-state index contributed by atoms with van der Waals surface area (Å²) in [5.74, 6) is -0.883. The van der Waals surface area contributed by atoms with Gasteiger partial charge in [0.05, 0.1) is 0 Å². The summed E-state index contributed by atoms with van der Waals surface area (Å²) in [5.41, 5.74) is 0.692. The first-order valence-electron chi connectivity index (χ1n) is 2.66. The van der Waals surface area contributed by atoms with Gasteiger partial charge in [-0.25, -0.2) is 4.79 Å². The number of carboxylic acids is 1. The van der Waals surface area contributed by atoms with Crippen LogP contribution in [-0.2, 0) is 4.79 Å². The number of thioether (sulfide) groups is 1. The van der Waals surface area contributed by atoms with E-state index in [-0.39, 0.29) is 4.71 Å². The maximum atomic E-state index is 10.4. The monoisotopic (exact) mass is 177 g/mol. The summed E-state index contributed by atoms with van der Waals surface area (Å²) in [5, 5.41) is 11.4. The van der Waals surface area contributed by atoms with Crippen LogP contribution in [0.2, 0.25) is 0 Å². The van der Waals surface area contributed by atoms with Gasteiger partial charge in [-0.3, -0.25) is 0 Å². The van der Waals surface area contributed by atoms with Crippen molar-refractivity contribution >= 4 is 30.4 Å². The Labute approximate surface area is 68.3 Å². The van der Waals surface area contributed by atoms with E-state index in [1.54, 1.807) is 6.92 Å². The van der Waals surface area contributed by atoms with Crippen LogP contribution >= 0.6 is 24.4 Å². The van der Waals surface area contributed by atoms with Gasteiger partial charge in [0.1, 0.15) is 9.61 Å². The second kappa shape index (κ2) is 2.75. The molecule has 0 saturated carbocycles. The Morgan fingerprint density at radius 3 is 2.70 bits per heavy atom. The molecule has 3 nitrogen and oxygen atoms in total. The molecule has 1 heterocycles. The summed E-state index contributed by atoms with van der Waals surface area (Å²) in [6, 6.07) is 0. The number of rotatable bonds is 1. The summed E-state index contributed by atoms with van der Waals surface area (Å²) in [7, 11) is 0. The topological polar surface area (TPSA) is 49.3 Å². The summed E-state index contributed by atoms with van der Waals surface area (Å²) in [4.78, 5) is 10.8. The first-order valence-corrected chi connectivity index (χ1v) is 4.06. The average molecular weight is 177 g/mol. The molecular weight excluding hydrogens is 170 g/mol. The number of carboxylic acid groups (broad SMARTS) is 1.